The molecule has 1 nitrogen and oxygen atoms in total. The zero-order valence-corrected chi connectivity index (χ0v) is 8.00. The maximum atomic E-state index is 5.51. The molecule has 68 valence electrons. The Morgan fingerprint density at radius 1 is 1.25 bits per heavy atom. The van der Waals surface area contributed by atoms with Crippen molar-refractivity contribution in [3.8, 4) is 5.75 Å². The van der Waals surface area contributed by atoms with Crippen LogP contribution >= 0.6 is 0 Å². The van der Waals surface area contributed by atoms with Gasteiger partial charge in [-0.1, -0.05) is 19.1 Å². The van der Waals surface area contributed by atoms with Gasteiger partial charge in [0.1, 0.15) is 5.75 Å². The Morgan fingerprint density at radius 3 is 2.25 bits per heavy atom. The van der Waals surface area contributed by atoms with E-state index < -0.39 is 0 Å². The molecule has 0 bridgehead atoms. The van der Waals surface area contributed by atoms with Crippen LogP contribution in [0, 0.1) is 0 Å². The van der Waals surface area contributed by atoms with E-state index in [-0.39, 0.29) is 7.53 Å². The van der Waals surface area contributed by atoms with Crippen LogP contribution < -0.4 is 4.74 Å². The van der Waals surface area contributed by atoms with Crippen molar-refractivity contribution in [2.24, 2.45) is 0 Å². The molecule has 12 heavy (non-hydrogen) atoms. The molecule has 0 amide bonds. The monoisotopic (exact) mass is 166 g/mol. The highest BCUT2D eigenvalue weighted by Gasteiger charge is 1.96. The van der Waals surface area contributed by atoms with Gasteiger partial charge < -0.3 is 4.74 Å². The van der Waals surface area contributed by atoms with Crippen LogP contribution in [0.1, 0.15) is 27.8 Å². The van der Waals surface area contributed by atoms with E-state index in [1.807, 2.05) is 26.0 Å². The summed E-state index contributed by atoms with van der Waals surface area (Å²) in [6.07, 6.45) is 1.35. The average Bonchev–Trinajstić information content (AvgIpc) is 2.05. The molecule has 0 aliphatic heterocycles. The fourth-order valence-electron chi connectivity index (χ4n) is 1.08. The fraction of sp³-hybridized carbons (Fsp3) is 0.455. The summed E-state index contributed by atoms with van der Waals surface area (Å²) in [6.45, 7) is 6.22. The van der Waals surface area contributed by atoms with Crippen molar-refractivity contribution >= 4 is 0 Å². The molecule has 0 saturated heterocycles. The van der Waals surface area contributed by atoms with E-state index in [0.717, 1.165) is 12.2 Å². The van der Waals surface area contributed by atoms with E-state index in [0.29, 0.717) is 0 Å². The number of benzene rings is 1. The zero-order valence-electron chi connectivity index (χ0n) is 8.00. The summed E-state index contributed by atoms with van der Waals surface area (Å²) < 4.78 is 5.51. The van der Waals surface area contributed by atoms with Crippen LogP contribution in [-0.4, -0.2) is 6.10 Å². The van der Waals surface area contributed by atoms with Crippen LogP contribution in [0.15, 0.2) is 24.3 Å². The first kappa shape index (κ1) is 9.11. The molecule has 0 saturated carbocycles. The van der Waals surface area contributed by atoms with Crippen LogP contribution in [0.5, 0.6) is 5.75 Å². The molecule has 0 atom stereocenters. The Labute approximate surface area is 75.9 Å². The highest BCUT2D eigenvalue weighted by atomic mass is 16.5. The summed E-state index contributed by atoms with van der Waals surface area (Å²) in [7, 11) is 0. The molecular formula is C11H18O. The molecule has 0 heterocycles. The lowest BCUT2D eigenvalue weighted by atomic mass is 10.2. The second-order valence-electron chi connectivity index (χ2n) is 3.16. The molecule has 0 unspecified atom stereocenters. The first-order valence-corrected chi connectivity index (χ1v) is 4.48. The molecule has 0 aliphatic rings. The summed E-state index contributed by atoms with van der Waals surface area (Å²) in [5.41, 5.74) is 1.35. The standard InChI is InChI=1S/C11H16O.H2/c1-4-10-5-7-11(8-6-10)12-9(2)3;/h5-9H,4H2,1-3H3;1H. The maximum absolute atomic E-state index is 5.51. The first-order valence-electron chi connectivity index (χ1n) is 4.48. The molecule has 0 fully saturated rings. The van der Waals surface area contributed by atoms with Gasteiger partial charge in [0.15, 0.2) is 0 Å². The summed E-state index contributed by atoms with van der Waals surface area (Å²) in [5.74, 6) is 0.960. The van der Waals surface area contributed by atoms with Gasteiger partial charge in [0.05, 0.1) is 6.10 Å². The largest absolute Gasteiger partial charge is 0.491 e. The second-order valence-corrected chi connectivity index (χ2v) is 3.16. The number of aryl methyl sites for hydroxylation is 1. The van der Waals surface area contributed by atoms with Crippen LogP contribution in [0.2, 0.25) is 0 Å². The van der Waals surface area contributed by atoms with Gasteiger partial charge in [-0.25, -0.2) is 0 Å². The molecule has 0 N–H and O–H groups in total. The van der Waals surface area contributed by atoms with Gasteiger partial charge in [0.2, 0.25) is 0 Å². The van der Waals surface area contributed by atoms with Gasteiger partial charge >= 0.3 is 0 Å². The van der Waals surface area contributed by atoms with Gasteiger partial charge in [0.25, 0.3) is 0 Å². The minimum absolute atomic E-state index is 0. The highest BCUT2D eigenvalue weighted by Crippen LogP contribution is 2.13. The summed E-state index contributed by atoms with van der Waals surface area (Å²) in [6, 6.07) is 8.27. The maximum Gasteiger partial charge on any atom is 0.119 e. The molecule has 0 radical (unpaired) electrons. The van der Waals surface area contributed by atoms with E-state index in [1.165, 1.54) is 5.56 Å². The third-order valence-corrected chi connectivity index (χ3v) is 1.70. The Balaban J connectivity index is 0.00000144. The Bertz CT molecular complexity index is 228. The van der Waals surface area contributed by atoms with Gasteiger partial charge in [-0.05, 0) is 38.0 Å². The topological polar surface area (TPSA) is 9.23 Å². The van der Waals surface area contributed by atoms with Crippen molar-refractivity contribution in [3.05, 3.63) is 29.8 Å². The Morgan fingerprint density at radius 2 is 1.83 bits per heavy atom. The van der Waals surface area contributed by atoms with E-state index in [9.17, 15) is 0 Å². The van der Waals surface area contributed by atoms with E-state index in [4.69, 9.17) is 4.74 Å². The SMILES string of the molecule is CCc1ccc(OC(C)C)cc1.[HH]. The quantitative estimate of drug-likeness (QED) is 0.669. The minimum atomic E-state index is 0. The summed E-state index contributed by atoms with van der Waals surface area (Å²) in [5, 5.41) is 0. The molecule has 1 aromatic rings. The van der Waals surface area contributed by atoms with Crippen molar-refractivity contribution in [2.45, 2.75) is 33.3 Å². The van der Waals surface area contributed by atoms with Crippen molar-refractivity contribution < 1.29 is 6.16 Å². The van der Waals surface area contributed by atoms with E-state index in [1.54, 1.807) is 0 Å². The van der Waals surface area contributed by atoms with Crippen LogP contribution in [0.4, 0.5) is 0 Å². The van der Waals surface area contributed by atoms with Crippen molar-refractivity contribution in [1.82, 2.24) is 0 Å². The lowest BCUT2D eigenvalue weighted by Crippen LogP contribution is -2.05. The zero-order chi connectivity index (χ0) is 8.97. The van der Waals surface area contributed by atoms with Crippen LogP contribution in [-0.2, 0) is 6.42 Å². The average molecular weight is 166 g/mol. The third-order valence-electron chi connectivity index (χ3n) is 1.70. The van der Waals surface area contributed by atoms with Gasteiger partial charge in [-0.15, -0.1) is 0 Å². The number of ether oxygens (including phenoxy) is 1. The lowest BCUT2D eigenvalue weighted by Gasteiger charge is -2.09. The predicted molar refractivity (Wildman–Crippen MR) is 53.7 cm³/mol. The summed E-state index contributed by atoms with van der Waals surface area (Å²) in [4.78, 5) is 0. The number of hydrogen-bond acceptors (Lipinski definition) is 1. The third kappa shape index (κ3) is 2.57. The molecular weight excluding hydrogens is 148 g/mol. The molecule has 0 spiro atoms. The normalized spacial score (nSPS) is 10.3. The smallest absolute Gasteiger partial charge is 0.119 e. The lowest BCUT2D eigenvalue weighted by molar-refractivity contribution is 0.242. The Hall–Kier alpha value is -0.980. The van der Waals surface area contributed by atoms with Gasteiger partial charge in [-0.3, -0.25) is 0 Å². The summed E-state index contributed by atoms with van der Waals surface area (Å²) >= 11 is 0. The molecule has 1 aromatic carbocycles. The Kier molecular flexibility index (Phi) is 3.15. The van der Waals surface area contributed by atoms with Gasteiger partial charge in [-0.2, -0.15) is 0 Å². The van der Waals surface area contributed by atoms with E-state index in [2.05, 4.69) is 19.1 Å². The molecule has 1 rings (SSSR count). The molecule has 1 heteroatoms. The highest BCUT2D eigenvalue weighted by molar-refractivity contribution is 5.27. The van der Waals surface area contributed by atoms with Crippen molar-refractivity contribution in [1.29, 1.82) is 0 Å². The molecule has 0 aromatic heterocycles. The van der Waals surface area contributed by atoms with Crippen molar-refractivity contribution in [2.75, 3.05) is 0 Å². The van der Waals surface area contributed by atoms with Crippen LogP contribution in [0.25, 0.3) is 0 Å². The fourth-order valence-corrected chi connectivity index (χ4v) is 1.08. The minimum Gasteiger partial charge on any atom is -0.491 e. The van der Waals surface area contributed by atoms with Crippen LogP contribution in [0.3, 0.4) is 0 Å². The number of rotatable bonds is 3. The second kappa shape index (κ2) is 4.15. The molecule has 0 aliphatic carbocycles. The van der Waals surface area contributed by atoms with E-state index >= 15 is 0 Å². The van der Waals surface area contributed by atoms with Crippen molar-refractivity contribution in [3.63, 3.8) is 0 Å². The van der Waals surface area contributed by atoms with Gasteiger partial charge in [0, 0.05) is 1.43 Å². The first-order chi connectivity index (χ1) is 5.72. The number of hydrogen-bond donors (Lipinski definition) is 0. The predicted octanol–water partition coefficient (Wildman–Crippen LogP) is 3.28.